The summed E-state index contributed by atoms with van der Waals surface area (Å²) in [5.41, 5.74) is 2.55. The van der Waals surface area contributed by atoms with Crippen molar-refractivity contribution in [2.45, 2.75) is 71.1 Å². The van der Waals surface area contributed by atoms with Gasteiger partial charge < -0.3 is 0 Å². The van der Waals surface area contributed by atoms with Crippen LogP contribution in [0.1, 0.15) is 76.1 Å². The van der Waals surface area contributed by atoms with E-state index in [0.29, 0.717) is 23.0 Å². The fourth-order valence-corrected chi connectivity index (χ4v) is 7.08. The van der Waals surface area contributed by atoms with Gasteiger partial charge >= 0.3 is 0 Å². The molecule has 2 unspecified atom stereocenters. The Morgan fingerprint density at radius 1 is 1.00 bits per heavy atom. The summed E-state index contributed by atoms with van der Waals surface area (Å²) in [7, 11) is 0. The van der Waals surface area contributed by atoms with Crippen LogP contribution in [-0.2, 0) is 11.2 Å². The van der Waals surface area contributed by atoms with Crippen LogP contribution >= 0.6 is 0 Å². The second-order valence-electron chi connectivity index (χ2n) is 9.03. The van der Waals surface area contributed by atoms with E-state index < -0.39 is 0 Å². The van der Waals surface area contributed by atoms with Crippen LogP contribution in [0, 0.1) is 28.6 Å². The molecule has 1 heterocycles. The maximum atomic E-state index is 12.5. The van der Waals surface area contributed by atoms with Gasteiger partial charge in [-0.15, -0.1) is 0 Å². The molecular weight excluding hydrogens is 288 g/mol. The Kier molecular flexibility index (Phi) is 2.75. The zero-order chi connectivity index (χ0) is 15.8. The van der Waals surface area contributed by atoms with Gasteiger partial charge in [0.05, 0.1) is 0 Å². The van der Waals surface area contributed by atoms with Crippen LogP contribution in [0.5, 0.6) is 0 Å². The van der Waals surface area contributed by atoms with Crippen molar-refractivity contribution in [3.8, 4) is 0 Å². The second-order valence-corrected chi connectivity index (χ2v) is 9.03. The molecular formula is C19H26N2O2. The number of rotatable bonds is 0. The summed E-state index contributed by atoms with van der Waals surface area (Å²) in [6, 6.07) is 0. The number of aromatic nitrogens is 2. The van der Waals surface area contributed by atoms with Crippen molar-refractivity contribution in [1.82, 2.24) is 10.3 Å². The molecule has 3 fully saturated rings. The van der Waals surface area contributed by atoms with E-state index in [2.05, 4.69) is 24.2 Å². The molecule has 0 saturated heterocycles. The lowest BCUT2D eigenvalue weighted by Gasteiger charge is -2.58. The predicted molar refractivity (Wildman–Crippen MR) is 84.8 cm³/mol. The SMILES string of the molecule is C[C@]12CCC3[C@@H](CC[C@@H]4c5nonc5CC[C@]34C)C1CCC2=O. The van der Waals surface area contributed by atoms with Crippen LogP contribution in [-0.4, -0.2) is 16.1 Å². The highest BCUT2D eigenvalue weighted by Gasteiger charge is 2.60. The van der Waals surface area contributed by atoms with Crippen molar-refractivity contribution in [2.75, 3.05) is 0 Å². The average molecular weight is 314 g/mol. The number of nitrogens with zero attached hydrogens (tertiary/aromatic N) is 2. The lowest BCUT2D eigenvalue weighted by molar-refractivity contribution is -0.135. The van der Waals surface area contributed by atoms with E-state index in [1.807, 2.05) is 0 Å². The van der Waals surface area contributed by atoms with Crippen molar-refractivity contribution in [2.24, 2.45) is 28.6 Å². The molecule has 0 aliphatic heterocycles. The van der Waals surface area contributed by atoms with Gasteiger partial charge in [0.15, 0.2) is 0 Å². The van der Waals surface area contributed by atoms with Crippen LogP contribution in [0.2, 0.25) is 0 Å². The van der Waals surface area contributed by atoms with Crippen LogP contribution in [0.15, 0.2) is 4.63 Å². The van der Waals surface area contributed by atoms with Crippen molar-refractivity contribution < 1.29 is 9.42 Å². The minimum Gasteiger partial charge on any atom is -0.299 e. The Hall–Kier alpha value is -1.19. The van der Waals surface area contributed by atoms with Crippen molar-refractivity contribution in [3.63, 3.8) is 0 Å². The van der Waals surface area contributed by atoms with E-state index in [-0.39, 0.29) is 5.41 Å². The van der Waals surface area contributed by atoms with Crippen molar-refractivity contribution in [1.29, 1.82) is 0 Å². The number of fused-ring (bicyclic) bond motifs is 7. The Labute approximate surface area is 137 Å². The molecule has 4 heteroatoms. The van der Waals surface area contributed by atoms with Crippen LogP contribution in [0.3, 0.4) is 0 Å². The third-order valence-electron chi connectivity index (χ3n) is 8.39. The van der Waals surface area contributed by atoms with E-state index in [1.165, 1.54) is 25.7 Å². The lowest BCUT2D eigenvalue weighted by atomic mass is 9.45. The Morgan fingerprint density at radius 2 is 1.87 bits per heavy atom. The Morgan fingerprint density at radius 3 is 2.74 bits per heavy atom. The van der Waals surface area contributed by atoms with Crippen molar-refractivity contribution >= 4 is 5.78 Å². The first kappa shape index (κ1) is 14.2. The highest BCUT2D eigenvalue weighted by Crippen LogP contribution is 2.66. The minimum absolute atomic E-state index is 0.0142. The molecule has 0 amide bonds. The topological polar surface area (TPSA) is 56.0 Å². The number of aryl methyl sites for hydroxylation is 1. The molecule has 0 N–H and O–H groups in total. The first-order chi connectivity index (χ1) is 11.0. The molecule has 4 aliphatic rings. The largest absolute Gasteiger partial charge is 0.299 e. The van der Waals surface area contributed by atoms with E-state index in [0.717, 1.165) is 48.9 Å². The molecule has 4 aliphatic carbocycles. The molecule has 6 atom stereocenters. The number of carbonyl (C=O) groups is 1. The van der Waals surface area contributed by atoms with Gasteiger partial charge in [-0.1, -0.05) is 24.2 Å². The van der Waals surface area contributed by atoms with Gasteiger partial charge in [-0.2, -0.15) is 0 Å². The molecule has 5 rings (SSSR count). The summed E-state index contributed by atoms with van der Waals surface area (Å²) < 4.78 is 5.05. The number of hydrogen-bond acceptors (Lipinski definition) is 4. The van der Waals surface area contributed by atoms with Gasteiger partial charge in [0.2, 0.25) is 0 Å². The number of Topliss-reactive ketones (excluding diaryl/α,β-unsaturated/α-hetero) is 1. The second kappa shape index (κ2) is 4.46. The minimum atomic E-state index is -0.0142. The molecule has 1 aromatic heterocycles. The molecule has 0 radical (unpaired) electrons. The lowest BCUT2D eigenvalue weighted by Crippen LogP contribution is -2.52. The van der Waals surface area contributed by atoms with E-state index >= 15 is 0 Å². The van der Waals surface area contributed by atoms with E-state index in [9.17, 15) is 4.79 Å². The first-order valence-corrected chi connectivity index (χ1v) is 9.39. The highest BCUT2D eigenvalue weighted by atomic mass is 16.6. The van der Waals surface area contributed by atoms with Gasteiger partial charge in [-0.25, -0.2) is 4.63 Å². The predicted octanol–water partition coefficient (Wildman–Crippen LogP) is 3.91. The monoisotopic (exact) mass is 314 g/mol. The smallest absolute Gasteiger partial charge is 0.139 e. The zero-order valence-electron chi connectivity index (χ0n) is 14.2. The van der Waals surface area contributed by atoms with E-state index in [1.54, 1.807) is 0 Å². The van der Waals surface area contributed by atoms with Gasteiger partial charge in [0, 0.05) is 17.8 Å². The third kappa shape index (κ3) is 1.65. The molecule has 0 aromatic carbocycles. The van der Waals surface area contributed by atoms with Crippen LogP contribution in [0.25, 0.3) is 0 Å². The number of carbonyl (C=O) groups excluding carboxylic acids is 1. The van der Waals surface area contributed by atoms with Gasteiger partial charge in [0.25, 0.3) is 0 Å². The van der Waals surface area contributed by atoms with E-state index in [4.69, 9.17) is 4.63 Å². The summed E-state index contributed by atoms with van der Waals surface area (Å²) in [6.07, 6.45) is 8.94. The number of hydrogen-bond donors (Lipinski definition) is 0. The molecule has 1 aromatic rings. The van der Waals surface area contributed by atoms with Crippen LogP contribution in [0.4, 0.5) is 0 Å². The van der Waals surface area contributed by atoms with Gasteiger partial charge in [-0.05, 0) is 68.1 Å². The molecule has 0 bridgehead atoms. The maximum absolute atomic E-state index is 12.5. The summed E-state index contributed by atoms with van der Waals surface area (Å²) in [5, 5.41) is 8.40. The average Bonchev–Trinajstić information content (AvgIpc) is 3.12. The normalized spacial score (nSPS) is 48.3. The Bertz CT molecular complexity index is 668. The molecule has 4 nitrogen and oxygen atoms in total. The quantitative estimate of drug-likeness (QED) is 0.728. The summed E-state index contributed by atoms with van der Waals surface area (Å²) in [6.45, 7) is 4.75. The standard InChI is InChI=1S/C19H26N2O2/c1-18-10-8-15-17(21-23-20-15)14(18)4-3-11-12-5-6-16(22)19(12,2)9-7-13(11)18/h11-14H,3-10H2,1-2H3/t11-,12?,13?,14+,18+,19-/m0/s1. The zero-order valence-corrected chi connectivity index (χ0v) is 14.2. The first-order valence-electron chi connectivity index (χ1n) is 9.39. The molecule has 124 valence electrons. The van der Waals surface area contributed by atoms with Gasteiger partial charge in [-0.3, -0.25) is 4.79 Å². The molecule has 0 spiro atoms. The fraction of sp³-hybridized carbons (Fsp3) is 0.842. The number of ketones is 1. The third-order valence-corrected chi connectivity index (χ3v) is 8.39. The molecule has 3 saturated carbocycles. The molecule has 23 heavy (non-hydrogen) atoms. The van der Waals surface area contributed by atoms with Gasteiger partial charge in [0.1, 0.15) is 17.2 Å². The highest BCUT2D eigenvalue weighted by molar-refractivity contribution is 5.87. The fourth-order valence-electron chi connectivity index (χ4n) is 7.08. The summed E-state index contributed by atoms with van der Waals surface area (Å²) >= 11 is 0. The Balaban J connectivity index is 1.53. The summed E-state index contributed by atoms with van der Waals surface area (Å²) in [4.78, 5) is 12.5. The van der Waals surface area contributed by atoms with Crippen LogP contribution < -0.4 is 0 Å². The maximum Gasteiger partial charge on any atom is 0.139 e. The summed E-state index contributed by atoms with van der Waals surface area (Å²) in [5.74, 6) is 3.17. The van der Waals surface area contributed by atoms with Crippen molar-refractivity contribution in [3.05, 3.63) is 11.4 Å².